The van der Waals surface area contributed by atoms with E-state index in [1.165, 1.54) is 37.7 Å². The van der Waals surface area contributed by atoms with Gasteiger partial charge in [0.15, 0.2) is 0 Å². The lowest BCUT2D eigenvalue weighted by atomic mass is 9.93. The summed E-state index contributed by atoms with van der Waals surface area (Å²) in [6.45, 7) is 4.46. The van der Waals surface area contributed by atoms with Crippen molar-refractivity contribution < 1.29 is 4.74 Å². The van der Waals surface area contributed by atoms with Crippen LogP contribution in [0.15, 0.2) is 18.2 Å². The topological polar surface area (TPSA) is 33.0 Å². The number of ether oxygens (including phenoxy) is 1. The normalized spacial score (nSPS) is 11.9. The van der Waals surface area contributed by atoms with Crippen LogP contribution in [0.2, 0.25) is 0 Å². The molecule has 1 rings (SSSR count). The van der Waals surface area contributed by atoms with Crippen LogP contribution in [0, 0.1) is 11.3 Å². The number of methoxy groups -OCH3 is 1. The van der Waals surface area contributed by atoms with Crippen molar-refractivity contribution in [3.05, 3.63) is 29.3 Å². The Hall–Kier alpha value is -1.49. The molecule has 0 spiro atoms. The van der Waals surface area contributed by atoms with E-state index in [0.717, 1.165) is 5.75 Å². The summed E-state index contributed by atoms with van der Waals surface area (Å²) in [6, 6.07) is 7.88. The van der Waals surface area contributed by atoms with Crippen molar-refractivity contribution in [2.24, 2.45) is 0 Å². The highest BCUT2D eigenvalue weighted by Crippen LogP contribution is 2.30. The average Bonchev–Trinajstić information content (AvgIpc) is 2.42. The molecule has 0 aliphatic heterocycles. The summed E-state index contributed by atoms with van der Waals surface area (Å²) in [5.74, 6) is 1.33. The summed E-state index contributed by atoms with van der Waals surface area (Å²) < 4.78 is 5.39. The molecule has 0 aliphatic carbocycles. The van der Waals surface area contributed by atoms with Crippen LogP contribution in [0.25, 0.3) is 0 Å². The Morgan fingerprint density at radius 3 is 2.67 bits per heavy atom. The Labute approximate surface area is 111 Å². The molecule has 0 fully saturated rings. The van der Waals surface area contributed by atoms with Crippen LogP contribution in [0.3, 0.4) is 0 Å². The van der Waals surface area contributed by atoms with Crippen LogP contribution in [0.5, 0.6) is 5.75 Å². The van der Waals surface area contributed by atoms with Crippen LogP contribution < -0.4 is 4.74 Å². The largest absolute Gasteiger partial charge is 0.496 e. The van der Waals surface area contributed by atoms with Crippen LogP contribution in [-0.4, -0.2) is 7.11 Å². The Kier molecular flexibility index (Phi) is 6.28. The maximum absolute atomic E-state index is 8.88. The van der Waals surface area contributed by atoms with Gasteiger partial charge in [-0.15, -0.1) is 0 Å². The van der Waals surface area contributed by atoms with E-state index < -0.39 is 0 Å². The predicted octanol–water partition coefficient (Wildman–Crippen LogP) is 4.64. The number of rotatable bonds is 7. The van der Waals surface area contributed by atoms with E-state index in [1.54, 1.807) is 7.11 Å². The van der Waals surface area contributed by atoms with E-state index in [2.05, 4.69) is 19.9 Å². The Morgan fingerprint density at radius 2 is 2.06 bits per heavy atom. The summed E-state index contributed by atoms with van der Waals surface area (Å²) >= 11 is 0. The van der Waals surface area contributed by atoms with Gasteiger partial charge in [0, 0.05) is 0 Å². The first-order chi connectivity index (χ1) is 8.72. The molecule has 0 saturated carbocycles. The van der Waals surface area contributed by atoms with Gasteiger partial charge in [-0.2, -0.15) is 5.26 Å². The van der Waals surface area contributed by atoms with Crippen molar-refractivity contribution in [3.63, 3.8) is 0 Å². The van der Waals surface area contributed by atoms with E-state index in [9.17, 15) is 0 Å². The zero-order valence-corrected chi connectivity index (χ0v) is 11.7. The fourth-order valence-corrected chi connectivity index (χ4v) is 2.22. The zero-order chi connectivity index (χ0) is 13.4. The molecular formula is C16H23NO. The fourth-order valence-electron chi connectivity index (χ4n) is 2.22. The monoisotopic (exact) mass is 245 g/mol. The number of unbranched alkanes of at least 4 members (excludes halogenated alkanes) is 3. The lowest BCUT2D eigenvalue weighted by Crippen LogP contribution is -1.98. The van der Waals surface area contributed by atoms with Crippen molar-refractivity contribution in [2.75, 3.05) is 7.11 Å². The highest BCUT2D eigenvalue weighted by Gasteiger charge is 2.11. The van der Waals surface area contributed by atoms with Gasteiger partial charge in [-0.25, -0.2) is 0 Å². The van der Waals surface area contributed by atoms with Gasteiger partial charge >= 0.3 is 0 Å². The summed E-state index contributed by atoms with van der Waals surface area (Å²) in [4.78, 5) is 0. The number of hydrogen-bond donors (Lipinski definition) is 0. The van der Waals surface area contributed by atoms with E-state index in [1.807, 2.05) is 18.2 Å². The number of hydrogen-bond acceptors (Lipinski definition) is 2. The minimum atomic E-state index is 0.490. The van der Waals surface area contributed by atoms with E-state index in [-0.39, 0.29) is 0 Å². The molecule has 0 saturated heterocycles. The smallest absolute Gasteiger partial charge is 0.123 e. The van der Waals surface area contributed by atoms with Crippen molar-refractivity contribution in [1.29, 1.82) is 5.26 Å². The second-order valence-corrected chi connectivity index (χ2v) is 4.82. The first kappa shape index (κ1) is 14.6. The van der Waals surface area contributed by atoms with E-state index in [0.29, 0.717) is 11.5 Å². The second kappa shape index (κ2) is 7.76. The maximum Gasteiger partial charge on any atom is 0.123 e. The average molecular weight is 245 g/mol. The third-order valence-corrected chi connectivity index (χ3v) is 3.38. The minimum absolute atomic E-state index is 0.490. The van der Waals surface area contributed by atoms with Crippen molar-refractivity contribution in [1.82, 2.24) is 0 Å². The van der Waals surface area contributed by atoms with Gasteiger partial charge in [0.05, 0.1) is 18.7 Å². The third-order valence-electron chi connectivity index (χ3n) is 3.38. The second-order valence-electron chi connectivity index (χ2n) is 4.82. The summed E-state index contributed by atoms with van der Waals surface area (Å²) in [5.41, 5.74) is 1.88. The van der Waals surface area contributed by atoms with E-state index in [4.69, 9.17) is 10.00 Å². The summed E-state index contributed by atoms with van der Waals surface area (Å²) in [7, 11) is 1.67. The molecule has 0 radical (unpaired) electrons. The fraction of sp³-hybridized carbons (Fsp3) is 0.562. The van der Waals surface area contributed by atoms with Gasteiger partial charge in [0.25, 0.3) is 0 Å². The van der Waals surface area contributed by atoms with Crippen molar-refractivity contribution >= 4 is 0 Å². The van der Waals surface area contributed by atoms with Gasteiger partial charge in [-0.1, -0.05) is 45.6 Å². The molecule has 2 nitrogen and oxygen atoms in total. The van der Waals surface area contributed by atoms with Crippen molar-refractivity contribution in [3.8, 4) is 11.8 Å². The quantitative estimate of drug-likeness (QED) is 0.655. The Morgan fingerprint density at radius 1 is 1.28 bits per heavy atom. The lowest BCUT2D eigenvalue weighted by molar-refractivity contribution is 0.404. The molecule has 18 heavy (non-hydrogen) atoms. The zero-order valence-electron chi connectivity index (χ0n) is 11.7. The molecule has 1 aromatic carbocycles. The molecule has 1 aromatic rings. The van der Waals surface area contributed by atoms with Gasteiger partial charge in [0.1, 0.15) is 5.75 Å². The van der Waals surface area contributed by atoms with Crippen LogP contribution in [-0.2, 0) is 0 Å². The molecule has 0 aliphatic rings. The third kappa shape index (κ3) is 4.07. The highest BCUT2D eigenvalue weighted by atomic mass is 16.5. The van der Waals surface area contributed by atoms with Gasteiger partial charge < -0.3 is 4.74 Å². The first-order valence-electron chi connectivity index (χ1n) is 6.81. The highest BCUT2D eigenvalue weighted by molar-refractivity contribution is 5.43. The minimum Gasteiger partial charge on any atom is -0.496 e. The van der Waals surface area contributed by atoms with Crippen LogP contribution in [0.4, 0.5) is 0 Å². The lowest BCUT2D eigenvalue weighted by Gasteiger charge is -2.15. The van der Waals surface area contributed by atoms with Crippen molar-refractivity contribution in [2.45, 2.75) is 51.9 Å². The molecular weight excluding hydrogens is 222 g/mol. The molecule has 0 N–H and O–H groups in total. The Balaban J connectivity index is 2.67. The molecule has 1 atom stereocenters. The number of nitriles is 1. The van der Waals surface area contributed by atoms with Crippen LogP contribution in [0.1, 0.15) is 63.0 Å². The molecule has 0 amide bonds. The molecule has 0 aromatic heterocycles. The predicted molar refractivity (Wildman–Crippen MR) is 74.9 cm³/mol. The summed E-state index contributed by atoms with van der Waals surface area (Å²) in [6.07, 6.45) is 6.34. The first-order valence-corrected chi connectivity index (χ1v) is 6.81. The van der Waals surface area contributed by atoms with Gasteiger partial charge in [0.2, 0.25) is 0 Å². The van der Waals surface area contributed by atoms with Crippen LogP contribution >= 0.6 is 0 Å². The molecule has 98 valence electrons. The standard InChI is InChI=1S/C16H23NO/c1-4-5-6-7-8-13(2)15-10-9-14(12-17)11-16(15)18-3/h9-11,13H,4-8H2,1-3H3. The molecule has 2 heteroatoms. The SMILES string of the molecule is CCCCCCC(C)c1ccc(C#N)cc1OC. The number of nitrogens with zero attached hydrogens (tertiary/aromatic N) is 1. The summed E-state index contributed by atoms with van der Waals surface area (Å²) in [5, 5.41) is 8.88. The number of benzene rings is 1. The maximum atomic E-state index is 8.88. The molecule has 1 unspecified atom stereocenters. The Bertz CT molecular complexity index is 406. The van der Waals surface area contributed by atoms with E-state index >= 15 is 0 Å². The van der Waals surface area contributed by atoms with Gasteiger partial charge in [-0.05, 0) is 30.0 Å². The molecule has 0 heterocycles. The molecule has 0 bridgehead atoms. The van der Waals surface area contributed by atoms with Gasteiger partial charge in [-0.3, -0.25) is 0 Å².